The molecule has 2 N–H and O–H groups in total. The van der Waals surface area contributed by atoms with Gasteiger partial charge in [-0.2, -0.15) is 12.7 Å². The summed E-state index contributed by atoms with van der Waals surface area (Å²) in [6.45, 7) is 7.36. The van der Waals surface area contributed by atoms with Gasteiger partial charge in [-0.15, -0.1) is 0 Å². The summed E-state index contributed by atoms with van der Waals surface area (Å²) >= 11 is 0. The van der Waals surface area contributed by atoms with Gasteiger partial charge in [0.1, 0.15) is 0 Å². The monoisotopic (exact) mass is 394 g/mol. The second-order valence-electron chi connectivity index (χ2n) is 7.63. The third-order valence-corrected chi connectivity index (χ3v) is 5.85. The fourth-order valence-electron chi connectivity index (χ4n) is 3.11. The lowest BCUT2D eigenvalue weighted by molar-refractivity contribution is -0.215. The fourth-order valence-corrected chi connectivity index (χ4v) is 4.29. The number of carbonyl (C=O) groups is 1. The van der Waals surface area contributed by atoms with Crippen LogP contribution in [0.2, 0.25) is 0 Å². The molecule has 0 bridgehead atoms. The molecule has 1 aromatic heterocycles. The van der Waals surface area contributed by atoms with Gasteiger partial charge in [-0.25, -0.2) is 9.79 Å². The summed E-state index contributed by atoms with van der Waals surface area (Å²) in [5, 5.41) is 2.34. The van der Waals surface area contributed by atoms with E-state index in [1.54, 1.807) is 0 Å². The highest BCUT2D eigenvalue weighted by molar-refractivity contribution is 7.87. The molecule has 1 aliphatic heterocycles. The number of amides is 1. The minimum atomic E-state index is -3.36. The summed E-state index contributed by atoms with van der Waals surface area (Å²) in [7, 11) is -3.36. The zero-order chi connectivity index (χ0) is 19.7. The first-order chi connectivity index (χ1) is 12.7. The van der Waals surface area contributed by atoms with Crippen molar-refractivity contribution in [2.24, 2.45) is 0 Å². The second-order valence-corrected chi connectivity index (χ2v) is 9.38. The number of aromatic nitrogens is 1. The Labute approximate surface area is 159 Å². The molecule has 0 unspecified atom stereocenters. The van der Waals surface area contributed by atoms with Crippen molar-refractivity contribution in [3.8, 4) is 0 Å². The smallest absolute Gasteiger partial charge is 0.279 e. The van der Waals surface area contributed by atoms with E-state index in [2.05, 4.69) is 9.71 Å². The highest BCUT2D eigenvalue weighted by Crippen LogP contribution is 2.23. The maximum absolute atomic E-state index is 11.9. The van der Waals surface area contributed by atoms with Crippen LogP contribution in [0, 0.1) is 0 Å². The second kappa shape index (κ2) is 7.59. The molecule has 0 aliphatic carbocycles. The first kappa shape index (κ1) is 19.8. The number of nitrogens with one attached hydrogen (secondary N) is 2. The standard InChI is InChI=1S/C18H26N4O4S/c1-18(2,3)26-21(13-23)8-6-15-11-19-17-5-4-14(10-16(15)17)12-22-9-7-20-27(22,24)25/h4-5,10-11,13,19-20H,6-9,12H2,1-3H3. The molecular formula is C18H26N4O4S. The molecule has 0 radical (unpaired) electrons. The maximum atomic E-state index is 11.9. The normalized spacial score (nSPS) is 17.4. The van der Waals surface area contributed by atoms with E-state index in [1.165, 1.54) is 9.37 Å². The van der Waals surface area contributed by atoms with Crippen LogP contribution in [0.1, 0.15) is 31.9 Å². The average Bonchev–Trinajstić information content (AvgIpc) is 3.13. The molecule has 3 rings (SSSR count). The van der Waals surface area contributed by atoms with Crippen molar-refractivity contribution in [3.63, 3.8) is 0 Å². The number of rotatable bonds is 7. The molecule has 27 heavy (non-hydrogen) atoms. The summed E-state index contributed by atoms with van der Waals surface area (Å²) in [6, 6.07) is 5.88. The van der Waals surface area contributed by atoms with Gasteiger partial charge in [0.15, 0.2) is 0 Å². The molecule has 148 valence electrons. The number of carbonyl (C=O) groups excluding carboxylic acids is 1. The van der Waals surface area contributed by atoms with E-state index in [9.17, 15) is 13.2 Å². The van der Waals surface area contributed by atoms with Crippen molar-refractivity contribution in [3.05, 3.63) is 35.5 Å². The Hall–Kier alpha value is -1.94. The summed E-state index contributed by atoms with van der Waals surface area (Å²) < 4.78 is 27.8. The van der Waals surface area contributed by atoms with E-state index < -0.39 is 15.8 Å². The Balaban J connectivity index is 1.74. The van der Waals surface area contributed by atoms with Crippen molar-refractivity contribution < 1.29 is 18.0 Å². The zero-order valence-electron chi connectivity index (χ0n) is 15.9. The number of aromatic amines is 1. The topological polar surface area (TPSA) is 94.7 Å². The fraction of sp³-hybridized carbons (Fsp3) is 0.500. The Morgan fingerprint density at radius 2 is 2.11 bits per heavy atom. The lowest BCUT2D eigenvalue weighted by Crippen LogP contribution is -2.34. The van der Waals surface area contributed by atoms with Crippen LogP contribution in [0.4, 0.5) is 0 Å². The van der Waals surface area contributed by atoms with Crippen LogP contribution < -0.4 is 4.72 Å². The quantitative estimate of drug-likeness (QED) is 0.550. The van der Waals surface area contributed by atoms with Gasteiger partial charge in [0.2, 0.25) is 6.41 Å². The van der Waals surface area contributed by atoms with Gasteiger partial charge in [-0.05, 0) is 50.5 Å². The van der Waals surface area contributed by atoms with Crippen LogP contribution in [0.3, 0.4) is 0 Å². The number of nitrogens with zero attached hydrogens (tertiary/aromatic N) is 2. The van der Waals surface area contributed by atoms with Crippen molar-refractivity contribution in [2.45, 2.75) is 39.3 Å². The number of hydroxylamine groups is 2. The summed E-state index contributed by atoms with van der Waals surface area (Å²) in [6.07, 6.45) is 3.24. The molecule has 8 nitrogen and oxygen atoms in total. The highest BCUT2D eigenvalue weighted by atomic mass is 32.2. The number of fused-ring (bicyclic) bond motifs is 1. The molecule has 1 aliphatic rings. The largest absolute Gasteiger partial charge is 0.361 e. The van der Waals surface area contributed by atoms with Crippen LogP contribution in [0.15, 0.2) is 24.4 Å². The highest BCUT2D eigenvalue weighted by Gasteiger charge is 2.27. The zero-order valence-corrected chi connectivity index (χ0v) is 16.7. The lowest BCUT2D eigenvalue weighted by Gasteiger charge is -2.26. The molecule has 1 saturated heterocycles. The van der Waals surface area contributed by atoms with Crippen molar-refractivity contribution >= 4 is 27.5 Å². The van der Waals surface area contributed by atoms with Crippen LogP contribution >= 0.6 is 0 Å². The van der Waals surface area contributed by atoms with Crippen LogP contribution in [0.25, 0.3) is 10.9 Å². The molecule has 0 saturated carbocycles. The SMILES string of the molecule is CC(C)(C)ON(C=O)CCc1c[nH]c2ccc(CN3CCNS3(=O)=O)cc12. The van der Waals surface area contributed by atoms with E-state index in [4.69, 9.17) is 4.84 Å². The molecule has 0 spiro atoms. The molecule has 1 aromatic carbocycles. The van der Waals surface area contributed by atoms with Crippen molar-refractivity contribution in [1.29, 1.82) is 0 Å². The Kier molecular flexibility index (Phi) is 5.57. The molecule has 0 atom stereocenters. The summed E-state index contributed by atoms with van der Waals surface area (Å²) in [5.41, 5.74) is 2.52. The minimum Gasteiger partial charge on any atom is -0.361 e. The maximum Gasteiger partial charge on any atom is 0.279 e. The van der Waals surface area contributed by atoms with Gasteiger partial charge >= 0.3 is 0 Å². The van der Waals surface area contributed by atoms with E-state index in [1.807, 2.05) is 45.2 Å². The predicted octanol–water partition coefficient (Wildman–Crippen LogP) is 1.55. The van der Waals surface area contributed by atoms with Gasteiger partial charge in [-0.3, -0.25) is 9.63 Å². The minimum absolute atomic E-state index is 0.337. The van der Waals surface area contributed by atoms with Crippen molar-refractivity contribution in [2.75, 3.05) is 19.6 Å². The number of hydrogen-bond donors (Lipinski definition) is 2. The molecule has 1 amide bonds. The van der Waals surface area contributed by atoms with E-state index in [0.717, 1.165) is 22.0 Å². The summed E-state index contributed by atoms with van der Waals surface area (Å²) in [5.74, 6) is 0. The van der Waals surface area contributed by atoms with Crippen LogP contribution in [0.5, 0.6) is 0 Å². The molecular weight excluding hydrogens is 368 g/mol. The van der Waals surface area contributed by atoms with Crippen LogP contribution in [-0.4, -0.2) is 54.4 Å². The number of benzene rings is 1. The molecule has 9 heteroatoms. The van der Waals surface area contributed by atoms with E-state index in [-0.39, 0.29) is 0 Å². The Morgan fingerprint density at radius 3 is 2.74 bits per heavy atom. The third-order valence-electron chi connectivity index (χ3n) is 4.29. The van der Waals surface area contributed by atoms with Crippen LogP contribution in [-0.2, 0) is 32.8 Å². The number of hydrogen-bond acceptors (Lipinski definition) is 4. The van der Waals surface area contributed by atoms with Gasteiger partial charge in [0.25, 0.3) is 10.2 Å². The van der Waals surface area contributed by atoms with Gasteiger partial charge < -0.3 is 4.98 Å². The van der Waals surface area contributed by atoms with Crippen molar-refractivity contribution in [1.82, 2.24) is 19.1 Å². The van der Waals surface area contributed by atoms with E-state index in [0.29, 0.717) is 39.0 Å². The molecule has 2 aromatic rings. The Bertz CT molecular complexity index is 917. The first-order valence-corrected chi connectivity index (χ1v) is 10.4. The first-order valence-electron chi connectivity index (χ1n) is 8.93. The predicted molar refractivity (Wildman–Crippen MR) is 103 cm³/mol. The molecule has 1 fully saturated rings. The average molecular weight is 394 g/mol. The Morgan fingerprint density at radius 1 is 1.33 bits per heavy atom. The lowest BCUT2D eigenvalue weighted by atomic mass is 10.1. The number of H-pyrrole nitrogens is 1. The third kappa shape index (κ3) is 4.86. The molecule has 2 heterocycles. The van der Waals surface area contributed by atoms with E-state index >= 15 is 0 Å². The van der Waals surface area contributed by atoms with Gasteiger partial charge in [0.05, 0.1) is 12.1 Å². The summed E-state index contributed by atoms with van der Waals surface area (Å²) in [4.78, 5) is 20.1. The van der Waals surface area contributed by atoms with Gasteiger partial charge in [0, 0.05) is 36.7 Å². The van der Waals surface area contributed by atoms with Gasteiger partial charge in [-0.1, -0.05) is 6.07 Å².